The van der Waals surface area contributed by atoms with E-state index in [1.54, 1.807) is 11.3 Å². The van der Waals surface area contributed by atoms with Crippen LogP contribution in [0.3, 0.4) is 0 Å². The highest BCUT2D eigenvalue weighted by Gasteiger charge is 2.36. The summed E-state index contributed by atoms with van der Waals surface area (Å²) >= 11 is 1.78. The van der Waals surface area contributed by atoms with Crippen LogP contribution in [0.1, 0.15) is 23.3 Å². The minimum Gasteiger partial charge on any atom is -0.394 e. The van der Waals surface area contributed by atoms with Gasteiger partial charge in [-0.05, 0) is 36.3 Å². The molecule has 3 N–H and O–H groups in total. The molecular formula is C11H17NO2S. The minimum atomic E-state index is -0.337. The van der Waals surface area contributed by atoms with Gasteiger partial charge in [-0.25, -0.2) is 0 Å². The van der Waals surface area contributed by atoms with Gasteiger partial charge in [0.05, 0.1) is 13.2 Å². The van der Waals surface area contributed by atoms with E-state index in [1.807, 2.05) is 0 Å². The summed E-state index contributed by atoms with van der Waals surface area (Å²) in [5.41, 5.74) is 6.76. The van der Waals surface area contributed by atoms with Crippen molar-refractivity contribution in [1.29, 1.82) is 0 Å². The third-order valence-electron chi connectivity index (χ3n) is 3.02. The van der Waals surface area contributed by atoms with Crippen molar-refractivity contribution < 1.29 is 9.84 Å². The lowest BCUT2D eigenvalue weighted by molar-refractivity contribution is -0.0671. The maximum atomic E-state index is 8.84. The number of aliphatic hydroxyl groups is 1. The largest absolute Gasteiger partial charge is 0.394 e. The third kappa shape index (κ3) is 1.95. The molecule has 3 nitrogen and oxygen atoms in total. The van der Waals surface area contributed by atoms with E-state index >= 15 is 0 Å². The van der Waals surface area contributed by atoms with E-state index in [0.29, 0.717) is 13.2 Å². The molecule has 84 valence electrons. The Balaban J connectivity index is 2.26. The number of hydrogen-bond donors (Lipinski definition) is 2. The van der Waals surface area contributed by atoms with Gasteiger partial charge in [0.1, 0.15) is 5.60 Å². The highest BCUT2D eigenvalue weighted by atomic mass is 32.1. The summed E-state index contributed by atoms with van der Waals surface area (Å²) in [7, 11) is 0. The number of aryl methyl sites for hydroxylation is 1. The van der Waals surface area contributed by atoms with E-state index in [-0.39, 0.29) is 12.2 Å². The van der Waals surface area contributed by atoms with Gasteiger partial charge >= 0.3 is 0 Å². The summed E-state index contributed by atoms with van der Waals surface area (Å²) in [6.45, 7) is 0.921. The van der Waals surface area contributed by atoms with E-state index in [2.05, 4.69) is 11.4 Å². The maximum Gasteiger partial charge on any atom is 0.106 e. The standard InChI is InChI=1S/C11H17NO2S/c12-8-11(14-6-5-13)4-1-2-10-9(11)3-7-15-10/h3,7,13H,1-2,4-6,8,12H2. The van der Waals surface area contributed by atoms with E-state index in [9.17, 15) is 0 Å². The molecule has 1 heterocycles. The molecule has 1 aliphatic carbocycles. The lowest BCUT2D eigenvalue weighted by Gasteiger charge is -2.36. The van der Waals surface area contributed by atoms with Crippen molar-refractivity contribution in [2.24, 2.45) is 5.73 Å². The van der Waals surface area contributed by atoms with E-state index in [1.165, 1.54) is 10.4 Å². The van der Waals surface area contributed by atoms with Crippen molar-refractivity contribution in [2.75, 3.05) is 19.8 Å². The Bertz CT molecular complexity index is 326. The smallest absolute Gasteiger partial charge is 0.106 e. The number of fused-ring (bicyclic) bond motifs is 1. The van der Waals surface area contributed by atoms with Crippen LogP contribution in [0.4, 0.5) is 0 Å². The molecule has 1 aliphatic rings. The summed E-state index contributed by atoms with van der Waals surface area (Å²) in [6, 6.07) is 2.11. The Morgan fingerprint density at radius 2 is 2.47 bits per heavy atom. The predicted octanol–water partition coefficient (Wildman–Crippen LogP) is 1.25. The first-order chi connectivity index (χ1) is 7.32. The molecule has 15 heavy (non-hydrogen) atoms. The number of hydrogen-bond acceptors (Lipinski definition) is 4. The number of thiophene rings is 1. The zero-order valence-electron chi connectivity index (χ0n) is 8.74. The normalized spacial score (nSPS) is 25.2. The quantitative estimate of drug-likeness (QED) is 0.814. The average molecular weight is 227 g/mol. The molecule has 1 aromatic rings. The number of ether oxygens (including phenoxy) is 1. The maximum absolute atomic E-state index is 8.84. The van der Waals surface area contributed by atoms with E-state index in [0.717, 1.165) is 19.3 Å². The lowest BCUT2D eigenvalue weighted by atomic mass is 9.83. The van der Waals surface area contributed by atoms with Crippen LogP contribution in [0, 0.1) is 0 Å². The molecule has 2 rings (SSSR count). The third-order valence-corrected chi connectivity index (χ3v) is 4.00. The number of rotatable bonds is 4. The molecule has 1 aromatic heterocycles. The van der Waals surface area contributed by atoms with Gasteiger partial charge in [-0.15, -0.1) is 11.3 Å². The second kappa shape index (κ2) is 4.61. The van der Waals surface area contributed by atoms with Crippen LogP contribution in [0.2, 0.25) is 0 Å². The molecule has 1 atom stereocenters. The van der Waals surface area contributed by atoms with E-state index < -0.39 is 0 Å². The van der Waals surface area contributed by atoms with Gasteiger partial charge in [0, 0.05) is 11.4 Å². The Kier molecular flexibility index (Phi) is 3.41. The molecular weight excluding hydrogens is 210 g/mol. The first kappa shape index (κ1) is 11.1. The van der Waals surface area contributed by atoms with Crippen molar-refractivity contribution >= 4 is 11.3 Å². The summed E-state index contributed by atoms with van der Waals surface area (Å²) in [5, 5.41) is 10.9. The van der Waals surface area contributed by atoms with Crippen LogP contribution >= 0.6 is 11.3 Å². The van der Waals surface area contributed by atoms with Crippen LogP contribution in [0.15, 0.2) is 11.4 Å². The molecule has 0 saturated carbocycles. The topological polar surface area (TPSA) is 55.5 Å². The van der Waals surface area contributed by atoms with Gasteiger partial charge in [0.15, 0.2) is 0 Å². The van der Waals surface area contributed by atoms with Crippen LogP contribution in [0.5, 0.6) is 0 Å². The summed E-state index contributed by atoms with van der Waals surface area (Å²) < 4.78 is 5.79. The van der Waals surface area contributed by atoms with Crippen molar-refractivity contribution in [2.45, 2.75) is 24.9 Å². The Morgan fingerprint density at radius 3 is 3.20 bits per heavy atom. The Morgan fingerprint density at radius 1 is 1.60 bits per heavy atom. The average Bonchev–Trinajstić information content (AvgIpc) is 2.75. The first-order valence-electron chi connectivity index (χ1n) is 5.34. The molecule has 0 fully saturated rings. The fourth-order valence-corrected chi connectivity index (χ4v) is 3.28. The summed E-state index contributed by atoms with van der Waals surface area (Å²) in [5.74, 6) is 0. The van der Waals surface area contributed by atoms with Gasteiger partial charge in [-0.3, -0.25) is 0 Å². The zero-order valence-corrected chi connectivity index (χ0v) is 9.55. The van der Waals surface area contributed by atoms with Crippen molar-refractivity contribution in [3.05, 3.63) is 21.9 Å². The van der Waals surface area contributed by atoms with Gasteiger partial charge in [-0.2, -0.15) is 0 Å². The van der Waals surface area contributed by atoms with Gasteiger partial charge in [0.25, 0.3) is 0 Å². The van der Waals surface area contributed by atoms with Crippen LogP contribution in [-0.2, 0) is 16.8 Å². The molecule has 0 radical (unpaired) electrons. The highest BCUT2D eigenvalue weighted by Crippen LogP contribution is 2.40. The summed E-state index contributed by atoms with van der Waals surface area (Å²) in [6.07, 6.45) is 3.22. The van der Waals surface area contributed by atoms with Crippen molar-refractivity contribution in [3.8, 4) is 0 Å². The number of aliphatic hydroxyl groups excluding tert-OH is 1. The Hall–Kier alpha value is -0.420. The molecule has 1 unspecified atom stereocenters. The molecule has 0 aromatic carbocycles. The zero-order chi connectivity index (χ0) is 10.7. The van der Waals surface area contributed by atoms with Gasteiger partial charge in [0.2, 0.25) is 0 Å². The first-order valence-corrected chi connectivity index (χ1v) is 6.22. The SMILES string of the molecule is NCC1(OCCO)CCCc2sccc21. The highest BCUT2D eigenvalue weighted by molar-refractivity contribution is 7.10. The lowest BCUT2D eigenvalue weighted by Crippen LogP contribution is -2.41. The number of nitrogens with two attached hydrogens (primary N) is 1. The van der Waals surface area contributed by atoms with Crippen molar-refractivity contribution in [3.63, 3.8) is 0 Å². The fourth-order valence-electron chi connectivity index (χ4n) is 2.27. The molecule has 0 amide bonds. The minimum absolute atomic E-state index is 0.0568. The molecule has 0 bridgehead atoms. The molecule has 0 spiro atoms. The van der Waals surface area contributed by atoms with Gasteiger partial charge < -0.3 is 15.6 Å². The molecule has 4 heteroatoms. The predicted molar refractivity (Wildman–Crippen MR) is 61.0 cm³/mol. The molecule has 0 aliphatic heterocycles. The van der Waals surface area contributed by atoms with Gasteiger partial charge in [-0.1, -0.05) is 0 Å². The second-order valence-corrected chi connectivity index (χ2v) is 4.88. The molecule has 0 saturated heterocycles. The van der Waals surface area contributed by atoms with Crippen LogP contribution in [-0.4, -0.2) is 24.9 Å². The fraction of sp³-hybridized carbons (Fsp3) is 0.636. The van der Waals surface area contributed by atoms with E-state index in [4.69, 9.17) is 15.6 Å². The second-order valence-electron chi connectivity index (χ2n) is 3.88. The summed E-state index contributed by atoms with van der Waals surface area (Å²) in [4.78, 5) is 1.39. The Labute approximate surface area is 93.9 Å². The monoisotopic (exact) mass is 227 g/mol. The van der Waals surface area contributed by atoms with Crippen LogP contribution < -0.4 is 5.73 Å². The van der Waals surface area contributed by atoms with Crippen molar-refractivity contribution in [1.82, 2.24) is 0 Å². The van der Waals surface area contributed by atoms with Crippen LogP contribution in [0.25, 0.3) is 0 Å².